The van der Waals surface area contributed by atoms with Gasteiger partial charge in [-0.15, -0.1) is 11.8 Å². The molecule has 4 rings (SSSR count). The molecule has 1 aliphatic heterocycles. The van der Waals surface area contributed by atoms with Crippen LogP contribution < -0.4 is 0 Å². The normalized spacial score (nSPS) is 18.8. The topological polar surface area (TPSA) is 72.1 Å². The number of amides is 1. The zero-order chi connectivity index (χ0) is 16.4. The van der Waals surface area contributed by atoms with Crippen molar-refractivity contribution >= 4 is 17.7 Å². The summed E-state index contributed by atoms with van der Waals surface area (Å²) in [6.45, 7) is 1.35. The Morgan fingerprint density at radius 1 is 1.29 bits per heavy atom. The molecule has 1 saturated heterocycles. The standard InChI is InChI=1S/C17H20N4O2S/c22-15(11-24-13-5-1-2-6-13)21-9-12(10-21)17-19-16(20-23-17)14-7-3-4-8-18-14/h3-4,7-8,12-13H,1-2,5-6,9-11H2. The fraction of sp³-hybridized carbons (Fsp3) is 0.529. The highest BCUT2D eigenvalue weighted by Gasteiger charge is 2.35. The van der Waals surface area contributed by atoms with Crippen molar-refractivity contribution in [3.8, 4) is 11.5 Å². The quantitative estimate of drug-likeness (QED) is 0.830. The van der Waals surface area contributed by atoms with E-state index in [0.29, 0.717) is 41.5 Å². The Morgan fingerprint density at radius 2 is 2.12 bits per heavy atom. The van der Waals surface area contributed by atoms with Crippen molar-refractivity contribution in [1.29, 1.82) is 0 Å². The summed E-state index contributed by atoms with van der Waals surface area (Å²) in [4.78, 5) is 22.7. The van der Waals surface area contributed by atoms with E-state index >= 15 is 0 Å². The van der Waals surface area contributed by atoms with Crippen LogP contribution in [0.2, 0.25) is 0 Å². The molecule has 3 heterocycles. The van der Waals surface area contributed by atoms with Gasteiger partial charge in [-0.05, 0) is 25.0 Å². The number of hydrogen-bond acceptors (Lipinski definition) is 6. The highest BCUT2D eigenvalue weighted by molar-refractivity contribution is 8.00. The van der Waals surface area contributed by atoms with Gasteiger partial charge in [-0.1, -0.05) is 24.1 Å². The van der Waals surface area contributed by atoms with Gasteiger partial charge >= 0.3 is 0 Å². The largest absolute Gasteiger partial charge is 0.340 e. The maximum atomic E-state index is 12.2. The predicted octanol–water partition coefficient (Wildman–Crippen LogP) is 2.73. The van der Waals surface area contributed by atoms with Gasteiger partial charge in [-0.3, -0.25) is 9.78 Å². The summed E-state index contributed by atoms with van der Waals surface area (Å²) in [6.07, 6.45) is 6.86. The third-order valence-corrected chi connectivity index (χ3v) is 6.02. The van der Waals surface area contributed by atoms with Crippen LogP contribution in [0.4, 0.5) is 0 Å². The van der Waals surface area contributed by atoms with E-state index in [1.54, 1.807) is 6.20 Å². The molecule has 2 aliphatic rings. The Bertz CT molecular complexity index is 694. The molecule has 0 atom stereocenters. The summed E-state index contributed by atoms with van der Waals surface area (Å²) >= 11 is 1.82. The lowest BCUT2D eigenvalue weighted by Crippen LogP contribution is -2.49. The summed E-state index contributed by atoms with van der Waals surface area (Å²) in [6, 6.07) is 5.60. The molecule has 2 aromatic heterocycles. The van der Waals surface area contributed by atoms with Gasteiger partial charge in [-0.2, -0.15) is 4.98 Å². The second-order valence-electron chi connectivity index (χ2n) is 6.38. The van der Waals surface area contributed by atoms with Crippen LogP contribution >= 0.6 is 11.8 Å². The number of carbonyl (C=O) groups is 1. The minimum absolute atomic E-state index is 0.149. The average molecular weight is 344 g/mol. The number of hydrogen-bond donors (Lipinski definition) is 0. The highest BCUT2D eigenvalue weighted by Crippen LogP contribution is 2.31. The van der Waals surface area contributed by atoms with E-state index in [0.717, 1.165) is 0 Å². The number of likely N-dealkylation sites (tertiary alicyclic amines) is 1. The monoisotopic (exact) mass is 344 g/mol. The molecule has 2 aromatic rings. The molecule has 0 aromatic carbocycles. The Hall–Kier alpha value is -1.89. The Balaban J connectivity index is 1.28. The van der Waals surface area contributed by atoms with Crippen LogP contribution in [0.1, 0.15) is 37.5 Å². The van der Waals surface area contributed by atoms with Gasteiger partial charge in [0.05, 0.1) is 11.7 Å². The van der Waals surface area contributed by atoms with Crippen LogP contribution in [-0.4, -0.2) is 50.0 Å². The average Bonchev–Trinajstić information content (AvgIpc) is 3.24. The van der Waals surface area contributed by atoms with Crippen molar-refractivity contribution in [1.82, 2.24) is 20.0 Å². The number of aromatic nitrogens is 3. The number of nitrogens with zero attached hydrogens (tertiary/aromatic N) is 4. The third kappa shape index (κ3) is 3.31. The van der Waals surface area contributed by atoms with Gasteiger partial charge in [-0.25, -0.2) is 0 Å². The van der Waals surface area contributed by atoms with Crippen molar-refractivity contribution in [3.05, 3.63) is 30.3 Å². The maximum Gasteiger partial charge on any atom is 0.233 e. The zero-order valence-corrected chi connectivity index (χ0v) is 14.2. The van der Waals surface area contributed by atoms with Crippen molar-refractivity contribution in [2.24, 2.45) is 0 Å². The lowest BCUT2D eigenvalue weighted by Gasteiger charge is -2.37. The fourth-order valence-corrected chi connectivity index (χ4v) is 4.40. The predicted molar refractivity (Wildman–Crippen MR) is 91.6 cm³/mol. The fourth-order valence-electron chi connectivity index (χ4n) is 3.17. The van der Waals surface area contributed by atoms with E-state index in [1.165, 1.54) is 25.7 Å². The maximum absolute atomic E-state index is 12.2. The van der Waals surface area contributed by atoms with Gasteiger partial charge in [0.25, 0.3) is 0 Å². The second-order valence-corrected chi connectivity index (χ2v) is 7.67. The van der Waals surface area contributed by atoms with E-state index < -0.39 is 0 Å². The third-order valence-electron chi connectivity index (χ3n) is 4.66. The van der Waals surface area contributed by atoms with E-state index in [4.69, 9.17) is 4.52 Å². The van der Waals surface area contributed by atoms with Gasteiger partial charge in [0, 0.05) is 24.5 Å². The summed E-state index contributed by atoms with van der Waals surface area (Å²) in [5.74, 6) is 2.08. The first-order valence-corrected chi connectivity index (χ1v) is 9.49. The van der Waals surface area contributed by atoms with Crippen LogP contribution in [0.5, 0.6) is 0 Å². The summed E-state index contributed by atoms with van der Waals surface area (Å²) < 4.78 is 5.35. The molecule has 2 fully saturated rings. The molecule has 7 heteroatoms. The molecular formula is C17H20N4O2S. The summed E-state index contributed by atoms with van der Waals surface area (Å²) in [7, 11) is 0. The first-order chi connectivity index (χ1) is 11.8. The Kier molecular flexibility index (Phi) is 4.51. The van der Waals surface area contributed by atoms with Gasteiger partial charge in [0.2, 0.25) is 17.6 Å². The molecule has 0 unspecified atom stereocenters. The van der Waals surface area contributed by atoms with Gasteiger partial charge in [0.1, 0.15) is 5.69 Å². The van der Waals surface area contributed by atoms with E-state index in [1.807, 2.05) is 34.9 Å². The first-order valence-electron chi connectivity index (χ1n) is 8.44. The zero-order valence-electron chi connectivity index (χ0n) is 13.4. The minimum atomic E-state index is 0.149. The van der Waals surface area contributed by atoms with Gasteiger partial charge < -0.3 is 9.42 Å². The number of rotatable bonds is 5. The van der Waals surface area contributed by atoms with Crippen molar-refractivity contribution in [2.45, 2.75) is 36.9 Å². The van der Waals surface area contributed by atoms with Crippen molar-refractivity contribution < 1.29 is 9.32 Å². The first kappa shape index (κ1) is 15.6. The highest BCUT2D eigenvalue weighted by atomic mass is 32.2. The second kappa shape index (κ2) is 6.93. The number of pyridine rings is 1. The molecular weight excluding hydrogens is 324 g/mol. The lowest BCUT2D eigenvalue weighted by atomic mass is 10.0. The summed E-state index contributed by atoms with van der Waals surface area (Å²) in [5.41, 5.74) is 0.702. The van der Waals surface area contributed by atoms with E-state index in [-0.39, 0.29) is 11.8 Å². The van der Waals surface area contributed by atoms with Crippen LogP contribution in [0, 0.1) is 0 Å². The van der Waals surface area contributed by atoms with Crippen molar-refractivity contribution in [3.63, 3.8) is 0 Å². The smallest absolute Gasteiger partial charge is 0.233 e. The molecule has 1 saturated carbocycles. The number of thioether (sulfide) groups is 1. The Morgan fingerprint density at radius 3 is 2.88 bits per heavy atom. The van der Waals surface area contributed by atoms with Crippen LogP contribution in [-0.2, 0) is 4.79 Å². The van der Waals surface area contributed by atoms with E-state index in [2.05, 4.69) is 15.1 Å². The Labute approximate surface area is 145 Å². The SMILES string of the molecule is O=C(CSC1CCCC1)N1CC(c2nc(-c3ccccn3)no2)C1. The lowest BCUT2D eigenvalue weighted by molar-refractivity contribution is -0.133. The molecule has 0 radical (unpaired) electrons. The van der Waals surface area contributed by atoms with Crippen LogP contribution in [0.3, 0.4) is 0 Å². The molecule has 126 valence electrons. The molecule has 0 N–H and O–H groups in total. The molecule has 24 heavy (non-hydrogen) atoms. The molecule has 0 bridgehead atoms. The van der Waals surface area contributed by atoms with Crippen molar-refractivity contribution in [2.75, 3.05) is 18.8 Å². The molecule has 1 aliphatic carbocycles. The number of carbonyl (C=O) groups excluding carboxylic acids is 1. The summed E-state index contributed by atoms with van der Waals surface area (Å²) in [5, 5.41) is 4.67. The van der Waals surface area contributed by atoms with Crippen LogP contribution in [0.15, 0.2) is 28.9 Å². The molecule has 0 spiro atoms. The van der Waals surface area contributed by atoms with Crippen LogP contribution in [0.25, 0.3) is 11.5 Å². The minimum Gasteiger partial charge on any atom is -0.340 e. The molecule has 1 amide bonds. The van der Waals surface area contributed by atoms with Gasteiger partial charge in [0.15, 0.2) is 0 Å². The van der Waals surface area contributed by atoms with E-state index in [9.17, 15) is 4.79 Å². The molecule has 6 nitrogen and oxygen atoms in total.